The Morgan fingerprint density at radius 1 is 1.17 bits per heavy atom. The summed E-state index contributed by atoms with van der Waals surface area (Å²) in [6, 6.07) is 16.5. The van der Waals surface area contributed by atoms with E-state index in [4.69, 9.17) is 0 Å². The molecule has 0 aliphatic carbocycles. The molecular formula is C24H28N4O2. The van der Waals surface area contributed by atoms with E-state index < -0.39 is 0 Å². The monoisotopic (exact) mass is 404 g/mol. The van der Waals surface area contributed by atoms with E-state index in [1.165, 1.54) is 16.7 Å². The van der Waals surface area contributed by atoms with Crippen molar-refractivity contribution in [2.75, 3.05) is 19.7 Å². The van der Waals surface area contributed by atoms with E-state index in [1.807, 2.05) is 31.2 Å². The number of aromatic nitrogens is 2. The molecule has 0 fully saturated rings. The van der Waals surface area contributed by atoms with Crippen molar-refractivity contribution in [3.05, 3.63) is 88.5 Å². The predicted octanol–water partition coefficient (Wildman–Crippen LogP) is 2.91. The number of amides is 1. The minimum absolute atomic E-state index is 0.0760. The van der Waals surface area contributed by atoms with Gasteiger partial charge in [-0.1, -0.05) is 36.4 Å². The standard InChI is InChI=1S/C24H28N4O2/c1-18-25-14-23(26-18)17-28(12-13-29)24(30)21-8-6-19(7-9-21)15-27-11-10-20-4-2-3-5-22(20)16-27/h2-9,14,29H,10-13,15-17H2,1H3,(H,25,26). The van der Waals surface area contributed by atoms with E-state index in [0.29, 0.717) is 12.1 Å². The number of benzene rings is 2. The Kier molecular flexibility index (Phi) is 6.26. The van der Waals surface area contributed by atoms with Crippen LogP contribution in [0.25, 0.3) is 0 Å². The van der Waals surface area contributed by atoms with Crippen molar-refractivity contribution in [2.45, 2.75) is 33.0 Å². The maximum atomic E-state index is 13.0. The lowest BCUT2D eigenvalue weighted by molar-refractivity contribution is 0.0705. The van der Waals surface area contributed by atoms with Crippen LogP contribution in [-0.2, 0) is 26.1 Å². The maximum Gasteiger partial charge on any atom is 0.254 e. The Morgan fingerprint density at radius 2 is 1.93 bits per heavy atom. The number of carbonyl (C=O) groups is 1. The molecule has 1 aliphatic rings. The lowest BCUT2D eigenvalue weighted by Gasteiger charge is -2.28. The number of hydrogen-bond donors (Lipinski definition) is 2. The second-order valence-corrected chi connectivity index (χ2v) is 7.87. The van der Waals surface area contributed by atoms with Crippen LogP contribution in [0.1, 0.15) is 38.6 Å². The molecule has 0 unspecified atom stereocenters. The SMILES string of the molecule is Cc1ncc(CN(CCO)C(=O)c2ccc(CN3CCc4ccccc4C3)cc2)[nH]1. The van der Waals surface area contributed by atoms with Crippen molar-refractivity contribution in [2.24, 2.45) is 0 Å². The summed E-state index contributed by atoms with van der Waals surface area (Å²) >= 11 is 0. The first kappa shape index (κ1) is 20.3. The van der Waals surface area contributed by atoms with E-state index in [-0.39, 0.29) is 19.1 Å². The molecule has 6 nitrogen and oxygen atoms in total. The Balaban J connectivity index is 1.40. The summed E-state index contributed by atoms with van der Waals surface area (Å²) in [5, 5.41) is 9.39. The van der Waals surface area contributed by atoms with Crippen LogP contribution in [0, 0.1) is 6.92 Å². The highest BCUT2D eigenvalue weighted by Crippen LogP contribution is 2.20. The van der Waals surface area contributed by atoms with Gasteiger partial charge in [-0.3, -0.25) is 9.69 Å². The topological polar surface area (TPSA) is 72.5 Å². The van der Waals surface area contributed by atoms with Crippen molar-refractivity contribution in [3.63, 3.8) is 0 Å². The number of nitrogens with one attached hydrogen (secondary N) is 1. The second kappa shape index (κ2) is 9.24. The first-order chi connectivity index (χ1) is 14.6. The molecule has 2 aromatic carbocycles. The molecule has 1 amide bonds. The number of nitrogens with zero attached hydrogens (tertiary/aromatic N) is 3. The van der Waals surface area contributed by atoms with Gasteiger partial charge < -0.3 is 15.0 Å². The third kappa shape index (κ3) is 4.78. The van der Waals surface area contributed by atoms with E-state index in [0.717, 1.165) is 37.6 Å². The largest absolute Gasteiger partial charge is 0.395 e. The van der Waals surface area contributed by atoms with Crippen LogP contribution in [0.15, 0.2) is 54.7 Å². The fraction of sp³-hybridized carbons (Fsp3) is 0.333. The highest BCUT2D eigenvalue weighted by Gasteiger charge is 2.18. The molecule has 1 aromatic heterocycles. The molecule has 6 heteroatoms. The molecule has 0 atom stereocenters. The highest BCUT2D eigenvalue weighted by molar-refractivity contribution is 5.94. The molecule has 2 heterocycles. The number of imidazole rings is 1. The van der Waals surface area contributed by atoms with Gasteiger partial charge in [0.1, 0.15) is 5.82 Å². The fourth-order valence-corrected chi connectivity index (χ4v) is 4.01. The number of aliphatic hydroxyl groups excluding tert-OH is 1. The second-order valence-electron chi connectivity index (χ2n) is 7.87. The zero-order valence-corrected chi connectivity index (χ0v) is 17.3. The molecule has 2 N–H and O–H groups in total. The Hall–Kier alpha value is -2.96. The number of carbonyl (C=O) groups excluding carboxylic acids is 1. The maximum absolute atomic E-state index is 13.0. The average Bonchev–Trinajstić information content (AvgIpc) is 3.18. The predicted molar refractivity (Wildman–Crippen MR) is 116 cm³/mol. The molecule has 0 radical (unpaired) electrons. The van der Waals surface area contributed by atoms with Crippen molar-refractivity contribution >= 4 is 5.91 Å². The Bertz CT molecular complexity index is 996. The fourth-order valence-electron chi connectivity index (χ4n) is 4.01. The number of aliphatic hydroxyl groups is 1. The third-order valence-electron chi connectivity index (χ3n) is 5.59. The number of hydrogen-bond acceptors (Lipinski definition) is 4. The molecule has 1 aliphatic heterocycles. The summed E-state index contributed by atoms with van der Waals surface area (Å²) < 4.78 is 0. The number of rotatable bonds is 7. The molecule has 0 bridgehead atoms. The third-order valence-corrected chi connectivity index (χ3v) is 5.59. The normalized spacial score (nSPS) is 13.8. The molecule has 3 aromatic rings. The van der Waals surface area contributed by atoms with Gasteiger partial charge >= 0.3 is 0 Å². The van der Waals surface area contributed by atoms with Crippen LogP contribution in [0.3, 0.4) is 0 Å². The van der Waals surface area contributed by atoms with Gasteiger partial charge in [0.05, 0.1) is 25.0 Å². The van der Waals surface area contributed by atoms with Gasteiger partial charge in [0, 0.05) is 31.7 Å². The van der Waals surface area contributed by atoms with E-state index >= 15 is 0 Å². The van der Waals surface area contributed by atoms with Crippen LogP contribution >= 0.6 is 0 Å². The molecule has 4 rings (SSSR count). The van der Waals surface area contributed by atoms with Crippen LogP contribution < -0.4 is 0 Å². The minimum Gasteiger partial charge on any atom is -0.395 e. The van der Waals surface area contributed by atoms with E-state index in [9.17, 15) is 9.90 Å². The van der Waals surface area contributed by atoms with Crippen LogP contribution in [-0.4, -0.2) is 50.5 Å². The molecule has 0 spiro atoms. The molecular weight excluding hydrogens is 376 g/mol. The van der Waals surface area contributed by atoms with Gasteiger partial charge in [-0.05, 0) is 42.2 Å². The van der Waals surface area contributed by atoms with Gasteiger partial charge in [0.15, 0.2) is 0 Å². The van der Waals surface area contributed by atoms with Crippen molar-refractivity contribution in [1.82, 2.24) is 19.8 Å². The molecule has 0 saturated carbocycles. The summed E-state index contributed by atoms with van der Waals surface area (Å²) in [6.07, 6.45) is 2.81. The van der Waals surface area contributed by atoms with Gasteiger partial charge in [-0.15, -0.1) is 0 Å². The van der Waals surface area contributed by atoms with Crippen LogP contribution in [0.5, 0.6) is 0 Å². The molecule has 30 heavy (non-hydrogen) atoms. The van der Waals surface area contributed by atoms with Gasteiger partial charge in [-0.25, -0.2) is 4.98 Å². The summed E-state index contributed by atoms with van der Waals surface area (Å²) in [4.78, 5) is 24.4. The van der Waals surface area contributed by atoms with Gasteiger partial charge in [-0.2, -0.15) is 0 Å². The number of H-pyrrole nitrogens is 1. The lowest BCUT2D eigenvalue weighted by atomic mass is 9.99. The van der Waals surface area contributed by atoms with Gasteiger partial charge in [0.25, 0.3) is 5.91 Å². The van der Waals surface area contributed by atoms with Crippen LogP contribution in [0.2, 0.25) is 0 Å². The number of aromatic amines is 1. The van der Waals surface area contributed by atoms with Crippen molar-refractivity contribution in [3.8, 4) is 0 Å². The lowest BCUT2D eigenvalue weighted by Crippen LogP contribution is -2.33. The van der Waals surface area contributed by atoms with Crippen LogP contribution in [0.4, 0.5) is 0 Å². The average molecular weight is 405 g/mol. The smallest absolute Gasteiger partial charge is 0.254 e. The quantitative estimate of drug-likeness (QED) is 0.635. The Labute approximate surface area is 177 Å². The number of fused-ring (bicyclic) bond motifs is 1. The van der Waals surface area contributed by atoms with E-state index in [1.54, 1.807) is 11.1 Å². The summed E-state index contributed by atoms with van der Waals surface area (Å²) in [6.45, 7) is 5.36. The zero-order valence-electron chi connectivity index (χ0n) is 17.3. The minimum atomic E-state index is -0.0882. The van der Waals surface area contributed by atoms with E-state index in [2.05, 4.69) is 39.1 Å². The first-order valence-electron chi connectivity index (χ1n) is 10.4. The summed E-state index contributed by atoms with van der Waals surface area (Å²) in [5.41, 5.74) is 5.54. The first-order valence-corrected chi connectivity index (χ1v) is 10.4. The zero-order chi connectivity index (χ0) is 20.9. The molecule has 156 valence electrons. The van der Waals surface area contributed by atoms with Gasteiger partial charge in [0.2, 0.25) is 0 Å². The Morgan fingerprint density at radius 3 is 2.63 bits per heavy atom. The van der Waals surface area contributed by atoms with Crippen molar-refractivity contribution in [1.29, 1.82) is 0 Å². The highest BCUT2D eigenvalue weighted by atomic mass is 16.3. The number of aryl methyl sites for hydroxylation is 1. The molecule has 0 saturated heterocycles. The summed E-state index contributed by atoms with van der Waals surface area (Å²) in [5.74, 6) is 0.723. The summed E-state index contributed by atoms with van der Waals surface area (Å²) in [7, 11) is 0. The van der Waals surface area contributed by atoms with Crippen molar-refractivity contribution < 1.29 is 9.90 Å².